The van der Waals surface area contributed by atoms with Crippen LogP contribution in [0, 0.1) is 0 Å². The first-order valence-electron chi connectivity index (χ1n) is 8.80. The highest BCUT2D eigenvalue weighted by Crippen LogP contribution is 2.38. The largest absolute Gasteiger partial charge is 0.387 e. The van der Waals surface area contributed by atoms with Gasteiger partial charge in [-0.3, -0.25) is 4.98 Å². The summed E-state index contributed by atoms with van der Waals surface area (Å²) in [6.45, 7) is 0.200. The normalized spacial score (nSPS) is 21.5. The van der Waals surface area contributed by atoms with Gasteiger partial charge in [0.05, 0.1) is 17.0 Å². The number of fused-ring (bicyclic) bond motifs is 1. The van der Waals surface area contributed by atoms with Crippen LogP contribution in [0.25, 0.3) is 0 Å². The maximum absolute atomic E-state index is 13.3. The number of aromatic nitrogens is 1. The number of aliphatic hydroxyl groups excluding tert-OH is 1. The molecule has 6 heteroatoms. The third-order valence-corrected chi connectivity index (χ3v) is 6.83. The molecular formula is C21H20N2O3S. The van der Waals surface area contributed by atoms with Crippen molar-refractivity contribution in [1.82, 2.24) is 9.29 Å². The monoisotopic (exact) mass is 380 g/mol. The number of rotatable bonds is 4. The van der Waals surface area contributed by atoms with E-state index in [2.05, 4.69) is 4.98 Å². The first-order valence-corrected chi connectivity index (χ1v) is 10.2. The van der Waals surface area contributed by atoms with Crippen LogP contribution in [0.4, 0.5) is 0 Å². The Morgan fingerprint density at radius 1 is 0.926 bits per heavy atom. The van der Waals surface area contributed by atoms with E-state index in [9.17, 15) is 13.5 Å². The number of aliphatic hydroxyl groups is 1. The fraction of sp³-hybridized carbons (Fsp3) is 0.190. The molecule has 0 fully saturated rings. The molecular weight excluding hydrogens is 360 g/mol. The van der Waals surface area contributed by atoms with Gasteiger partial charge in [0.1, 0.15) is 0 Å². The van der Waals surface area contributed by atoms with E-state index < -0.39 is 22.2 Å². The Labute approximate surface area is 159 Å². The summed E-state index contributed by atoms with van der Waals surface area (Å²) in [7, 11) is -3.74. The summed E-state index contributed by atoms with van der Waals surface area (Å²) in [6.07, 6.45) is 1.09. The number of benzene rings is 2. The minimum atomic E-state index is -3.74. The summed E-state index contributed by atoms with van der Waals surface area (Å²) in [5, 5.41) is 11.0. The Kier molecular flexibility index (Phi) is 4.78. The lowest BCUT2D eigenvalue weighted by atomic mass is 9.97. The van der Waals surface area contributed by atoms with Crippen LogP contribution in [0.15, 0.2) is 83.9 Å². The van der Waals surface area contributed by atoms with Crippen LogP contribution in [0.2, 0.25) is 0 Å². The Bertz CT molecular complexity index is 1020. The molecule has 0 saturated carbocycles. The standard InChI is InChI=1S/C21H20N2O3S/c24-21-18-11-4-5-12-20(18)27(25,26)23(15-16-8-2-1-3-9-16)19(21)14-17-10-6-7-13-22-17/h1-13,19,21,24H,14-15H2/t19-,21+/m1/s1. The van der Waals surface area contributed by atoms with E-state index in [1.165, 1.54) is 4.31 Å². The summed E-state index contributed by atoms with van der Waals surface area (Å²) in [5.74, 6) is 0. The smallest absolute Gasteiger partial charge is 0.244 e. The van der Waals surface area contributed by atoms with Gasteiger partial charge in [0.2, 0.25) is 10.0 Å². The van der Waals surface area contributed by atoms with E-state index >= 15 is 0 Å². The van der Waals surface area contributed by atoms with Crippen LogP contribution in [-0.4, -0.2) is 28.9 Å². The summed E-state index contributed by atoms with van der Waals surface area (Å²) in [6, 6.07) is 21.0. The molecule has 0 aliphatic carbocycles. The summed E-state index contributed by atoms with van der Waals surface area (Å²) in [4.78, 5) is 4.49. The van der Waals surface area contributed by atoms with E-state index in [-0.39, 0.29) is 11.4 Å². The van der Waals surface area contributed by atoms with Crippen molar-refractivity contribution in [1.29, 1.82) is 0 Å². The number of nitrogens with zero attached hydrogens (tertiary/aromatic N) is 2. The molecule has 5 nitrogen and oxygen atoms in total. The van der Waals surface area contributed by atoms with Crippen LogP contribution in [-0.2, 0) is 23.0 Å². The molecule has 2 aromatic carbocycles. The van der Waals surface area contributed by atoms with E-state index in [1.54, 1.807) is 30.5 Å². The number of sulfonamides is 1. The van der Waals surface area contributed by atoms with Crippen LogP contribution >= 0.6 is 0 Å². The van der Waals surface area contributed by atoms with Gasteiger partial charge >= 0.3 is 0 Å². The topological polar surface area (TPSA) is 70.5 Å². The highest BCUT2D eigenvalue weighted by molar-refractivity contribution is 7.89. The molecule has 27 heavy (non-hydrogen) atoms. The van der Waals surface area contributed by atoms with Crippen LogP contribution in [0.5, 0.6) is 0 Å². The fourth-order valence-electron chi connectivity index (χ4n) is 3.54. The molecule has 1 aliphatic rings. The van der Waals surface area contributed by atoms with E-state index in [0.717, 1.165) is 11.3 Å². The lowest BCUT2D eigenvalue weighted by Crippen LogP contribution is -2.48. The van der Waals surface area contributed by atoms with Crippen molar-refractivity contribution in [3.05, 3.63) is 95.8 Å². The van der Waals surface area contributed by atoms with Crippen LogP contribution in [0.1, 0.15) is 22.9 Å². The van der Waals surface area contributed by atoms with Gasteiger partial charge in [0, 0.05) is 30.4 Å². The third-order valence-electron chi connectivity index (χ3n) is 4.88. The maximum Gasteiger partial charge on any atom is 0.244 e. The van der Waals surface area contributed by atoms with Crippen molar-refractivity contribution in [2.45, 2.75) is 30.0 Å². The Hall–Kier alpha value is -2.54. The Morgan fingerprint density at radius 2 is 1.63 bits per heavy atom. The van der Waals surface area contributed by atoms with Gasteiger partial charge in [-0.15, -0.1) is 0 Å². The van der Waals surface area contributed by atoms with Crippen molar-refractivity contribution in [3.8, 4) is 0 Å². The second-order valence-electron chi connectivity index (χ2n) is 6.61. The predicted octanol–water partition coefficient (Wildman–Crippen LogP) is 2.93. The fourth-order valence-corrected chi connectivity index (χ4v) is 5.40. The lowest BCUT2D eigenvalue weighted by molar-refractivity contribution is 0.0764. The van der Waals surface area contributed by atoms with Crippen LogP contribution in [0.3, 0.4) is 0 Å². The van der Waals surface area contributed by atoms with Crippen molar-refractivity contribution in [2.24, 2.45) is 0 Å². The number of hydrogen-bond donors (Lipinski definition) is 1. The zero-order valence-corrected chi connectivity index (χ0v) is 15.5. The Morgan fingerprint density at radius 3 is 2.37 bits per heavy atom. The zero-order chi connectivity index (χ0) is 18.9. The second-order valence-corrected chi connectivity index (χ2v) is 8.47. The van der Waals surface area contributed by atoms with Crippen molar-refractivity contribution < 1.29 is 13.5 Å². The number of hydrogen-bond acceptors (Lipinski definition) is 4. The lowest BCUT2D eigenvalue weighted by Gasteiger charge is -2.39. The molecule has 2 heterocycles. The van der Waals surface area contributed by atoms with Gasteiger partial charge in [-0.05, 0) is 23.8 Å². The third kappa shape index (κ3) is 3.39. The SMILES string of the molecule is O=S1(=O)c2ccccc2[C@H](O)[C@@H](Cc2ccccn2)N1Cc1ccccc1. The molecule has 0 amide bonds. The molecule has 3 aromatic rings. The second kappa shape index (κ2) is 7.23. The highest BCUT2D eigenvalue weighted by Gasteiger charge is 2.43. The van der Waals surface area contributed by atoms with Gasteiger partial charge in [-0.25, -0.2) is 8.42 Å². The predicted molar refractivity (Wildman–Crippen MR) is 102 cm³/mol. The summed E-state index contributed by atoms with van der Waals surface area (Å²) < 4.78 is 28.1. The maximum atomic E-state index is 13.3. The molecule has 0 radical (unpaired) electrons. The molecule has 0 saturated heterocycles. The number of pyridine rings is 1. The first kappa shape index (κ1) is 17.9. The van der Waals surface area contributed by atoms with Gasteiger partial charge in [0.15, 0.2) is 0 Å². The molecule has 4 rings (SSSR count). The average molecular weight is 380 g/mol. The molecule has 138 valence electrons. The van der Waals surface area contributed by atoms with E-state index in [0.29, 0.717) is 12.0 Å². The zero-order valence-electron chi connectivity index (χ0n) is 14.6. The van der Waals surface area contributed by atoms with E-state index in [4.69, 9.17) is 0 Å². The summed E-state index contributed by atoms with van der Waals surface area (Å²) >= 11 is 0. The molecule has 0 spiro atoms. The minimum absolute atomic E-state index is 0.172. The van der Waals surface area contributed by atoms with Crippen LogP contribution < -0.4 is 0 Å². The molecule has 1 aromatic heterocycles. The van der Waals surface area contributed by atoms with Gasteiger partial charge in [0.25, 0.3) is 0 Å². The quantitative estimate of drug-likeness (QED) is 0.756. The van der Waals surface area contributed by atoms with Gasteiger partial charge < -0.3 is 5.11 Å². The molecule has 2 atom stereocenters. The van der Waals surface area contributed by atoms with Crippen molar-refractivity contribution in [2.75, 3.05) is 0 Å². The molecule has 1 aliphatic heterocycles. The highest BCUT2D eigenvalue weighted by atomic mass is 32.2. The molecule has 0 bridgehead atoms. The Balaban J connectivity index is 1.80. The average Bonchev–Trinajstić information content (AvgIpc) is 2.71. The first-order chi connectivity index (χ1) is 13.1. The van der Waals surface area contributed by atoms with Crippen molar-refractivity contribution in [3.63, 3.8) is 0 Å². The summed E-state index contributed by atoms with van der Waals surface area (Å²) in [5.41, 5.74) is 2.07. The van der Waals surface area contributed by atoms with Crippen molar-refractivity contribution >= 4 is 10.0 Å². The van der Waals surface area contributed by atoms with Gasteiger partial charge in [-0.2, -0.15) is 4.31 Å². The van der Waals surface area contributed by atoms with Gasteiger partial charge in [-0.1, -0.05) is 54.6 Å². The van der Waals surface area contributed by atoms with E-state index in [1.807, 2.05) is 48.5 Å². The molecule has 0 unspecified atom stereocenters. The minimum Gasteiger partial charge on any atom is -0.387 e. The molecule has 1 N–H and O–H groups in total.